The number of phenolic OH excluding ortho intramolecular Hbond substituents is 2. The summed E-state index contributed by atoms with van der Waals surface area (Å²) in [6, 6.07) is 3.40. The molecule has 1 aliphatic carbocycles. The van der Waals surface area contributed by atoms with E-state index in [1.165, 1.54) is 6.07 Å². The number of aliphatic hydroxyl groups excluding tert-OH is 2. The topological polar surface area (TPSA) is 84.2 Å². The van der Waals surface area contributed by atoms with Crippen molar-refractivity contribution in [1.29, 1.82) is 0 Å². The van der Waals surface area contributed by atoms with E-state index in [9.17, 15) is 20.4 Å². The van der Waals surface area contributed by atoms with Gasteiger partial charge < -0.3 is 20.4 Å². The highest BCUT2D eigenvalue weighted by molar-refractivity contribution is 5.85. The van der Waals surface area contributed by atoms with Crippen LogP contribution in [0.2, 0.25) is 0 Å². The second kappa shape index (κ2) is 5.46. The number of aromatic hydroxyl groups is 2. The summed E-state index contributed by atoms with van der Waals surface area (Å²) in [7, 11) is 0. The van der Waals surface area contributed by atoms with Crippen LogP contribution >= 0.6 is 12.4 Å². The van der Waals surface area contributed by atoms with E-state index in [0.717, 1.165) is 35.2 Å². The van der Waals surface area contributed by atoms with Crippen molar-refractivity contribution in [3.63, 3.8) is 0 Å². The van der Waals surface area contributed by atoms with E-state index in [2.05, 4.69) is 11.0 Å². The lowest BCUT2D eigenvalue weighted by molar-refractivity contribution is 0.179. The minimum atomic E-state index is -0.222. The molecule has 1 aromatic carbocycles. The van der Waals surface area contributed by atoms with Crippen molar-refractivity contribution in [2.45, 2.75) is 25.4 Å². The molecule has 3 aliphatic rings. The molecule has 1 saturated heterocycles. The lowest BCUT2D eigenvalue weighted by Crippen LogP contribution is -2.46. The standard InChI is InChI=1S/C17H15NO4.ClH/c19-14-2-1-9-5-13-11-7-16(21)15(20)6-10(11)3-4-18(13)8-12(9)17(14)22;/h1-2,6,13H,3-5,8H2,(H3-,19,20,21,22);1H/p+1. The molecule has 0 radical (unpaired) electrons. The Morgan fingerprint density at radius 1 is 1.13 bits per heavy atom. The molecule has 23 heavy (non-hydrogen) atoms. The van der Waals surface area contributed by atoms with Crippen molar-refractivity contribution in [3.05, 3.63) is 58.1 Å². The lowest BCUT2D eigenvalue weighted by atomic mass is 9.80. The minimum absolute atomic E-state index is 0. The Morgan fingerprint density at radius 2 is 1.91 bits per heavy atom. The molecule has 0 spiro atoms. The third kappa shape index (κ3) is 2.34. The van der Waals surface area contributed by atoms with Gasteiger partial charge >= 0.3 is 5.76 Å². The van der Waals surface area contributed by atoms with Gasteiger partial charge in [-0.2, -0.15) is 0 Å². The molecule has 6 heteroatoms. The summed E-state index contributed by atoms with van der Waals surface area (Å²) in [6.07, 6.45) is 5.95. The van der Waals surface area contributed by atoms with Crippen LogP contribution in [0.25, 0.3) is 0 Å². The lowest BCUT2D eigenvalue weighted by Gasteiger charge is -2.40. The smallest absolute Gasteiger partial charge is 0.331 e. The number of rotatable bonds is 0. The van der Waals surface area contributed by atoms with Crippen LogP contribution in [0.15, 0.2) is 40.9 Å². The van der Waals surface area contributed by atoms with E-state index in [0.29, 0.717) is 13.0 Å². The van der Waals surface area contributed by atoms with Crippen molar-refractivity contribution in [3.8, 4) is 11.5 Å². The number of halogens is 1. The predicted octanol–water partition coefficient (Wildman–Crippen LogP) is 2.65. The Hall–Kier alpha value is -2.20. The van der Waals surface area contributed by atoms with Gasteiger partial charge in [0.25, 0.3) is 5.76 Å². The highest BCUT2D eigenvalue weighted by atomic mass is 35.5. The monoisotopic (exact) mass is 334 g/mol. The van der Waals surface area contributed by atoms with Gasteiger partial charge in [0, 0.05) is 25.1 Å². The van der Waals surface area contributed by atoms with E-state index in [1.54, 1.807) is 6.08 Å². The maximum atomic E-state index is 10.1. The van der Waals surface area contributed by atoms with Crippen LogP contribution in [-0.4, -0.2) is 37.9 Å². The first-order chi connectivity index (χ1) is 10.5. The number of benzene rings is 1. The summed E-state index contributed by atoms with van der Waals surface area (Å²) in [5.74, 6) is -0.492. The number of hydrogen-bond donors (Lipinski definition) is 4. The van der Waals surface area contributed by atoms with Crippen molar-refractivity contribution in [2.75, 3.05) is 6.54 Å². The number of fused-ring (bicyclic) bond motifs is 4. The predicted molar refractivity (Wildman–Crippen MR) is 86.7 cm³/mol. The third-order valence-corrected chi connectivity index (χ3v) is 4.73. The summed E-state index contributed by atoms with van der Waals surface area (Å²) in [5, 5.41) is 39.1. The zero-order valence-corrected chi connectivity index (χ0v) is 13.1. The van der Waals surface area contributed by atoms with Gasteiger partial charge in [-0.25, -0.2) is 0 Å². The average Bonchev–Trinajstić information content (AvgIpc) is 2.51. The molecule has 4 rings (SSSR count). The van der Waals surface area contributed by atoms with Gasteiger partial charge in [-0.3, -0.25) is 4.90 Å². The van der Waals surface area contributed by atoms with Gasteiger partial charge in [-0.1, -0.05) is 6.07 Å². The molecule has 1 unspecified atom stereocenters. The van der Waals surface area contributed by atoms with E-state index >= 15 is 0 Å². The fourth-order valence-corrected chi connectivity index (χ4v) is 3.55. The molecule has 0 aromatic heterocycles. The molecule has 4 N–H and O–H groups in total. The largest absolute Gasteiger partial charge is 0.504 e. The van der Waals surface area contributed by atoms with Crippen molar-refractivity contribution in [1.82, 2.24) is 4.90 Å². The Kier molecular flexibility index (Phi) is 3.72. The van der Waals surface area contributed by atoms with Crippen LogP contribution in [0.1, 0.15) is 17.5 Å². The normalized spacial score (nSPS) is 22.7. The third-order valence-electron chi connectivity index (χ3n) is 4.73. The first-order valence-electron chi connectivity index (χ1n) is 7.28. The Bertz CT molecular complexity index is 766. The van der Waals surface area contributed by atoms with E-state index < -0.39 is 0 Å². The SMILES string of the molecule is Cl.OC1=C(O)C=C2CCN3Cc4c(ccc(O)c4O)CC3C2=[C+]1. The molecule has 0 amide bonds. The highest BCUT2D eigenvalue weighted by Gasteiger charge is 2.41. The van der Waals surface area contributed by atoms with E-state index in [4.69, 9.17) is 0 Å². The second-order valence-corrected chi connectivity index (χ2v) is 5.95. The number of aliphatic hydroxyl groups is 2. The molecular weight excluding hydrogens is 318 g/mol. The summed E-state index contributed by atoms with van der Waals surface area (Å²) < 4.78 is 0. The summed E-state index contributed by atoms with van der Waals surface area (Å²) in [6.45, 7) is 1.35. The quantitative estimate of drug-likeness (QED) is 0.433. The van der Waals surface area contributed by atoms with Crippen LogP contribution in [-0.2, 0) is 13.0 Å². The fourth-order valence-electron chi connectivity index (χ4n) is 3.55. The van der Waals surface area contributed by atoms with E-state index in [-0.39, 0.29) is 41.5 Å². The molecule has 2 heterocycles. The number of phenols is 2. The molecule has 1 aromatic rings. The van der Waals surface area contributed by atoms with Gasteiger partial charge in [0.1, 0.15) is 11.6 Å². The number of allylic oxidation sites excluding steroid dienone is 2. The molecular formula is C17H17ClNO4+. The number of hydrogen-bond acceptors (Lipinski definition) is 5. The van der Waals surface area contributed by atoms with Gasteiger partial charge in [-0.15, -0.1) is 12.4 Å². The maximum Gasteiger partial charge on any atom is 0.331 e. The van der Waals surface area contributed by atoms with Crippen LogP contribution < -0.4 is 0 Å². The van der Waals surface area contributed by atoms with Gasteiger partial charge in [-0.05, 0) is 18.1 Å². The average molecular weight is 335 g/mol. The first kappa shape index (κ1) is 15.7. The zero-order chi connectivity index (χ0) is 15.4. The molecule has 2 aliphatic heterocycles. The van der Waals surface area contributed by atoms with Crippen LogP contribution in [0, 0.1) is 6.08 Å². The van der Waals surface area contributed by atoms with Gasteiger partial charge in [0.15, 0.2) is 11.5 Å². The van der Waals surface area contributed by atoms with Crippen molar-refractivity contribution in [2.24, 2.45) is 0 Å². The molecule has 5 nitrogen and oxygen atoms in total. The first-order valence-corrected chi connectivity index (χ1v) is 7.28. The summed E-state index contributed by atoms with van der Waals surface area (Å²) in [5.41, 5.74) is 3.66. The van der Waals surface area contributed by atoms with Crippen LogP contribution in [0.4, 0.5) is 0 Å². The maximum absolute atomic E-state index is 10.1. The molecule has 0 bridgehead atoms. The zero-order valence-electron chi connectivity index (χ0n) is 12.3. The number of piperidine rings is 1. The van der Waals surface area contributed by atoms with Gasteiger partial charge in [0.2, 0.25) is 0 Å². The molecule has 1 fully saturated rings. The fraction of sp³-hybridized carbons (Fsp3) is 0.294. The van der Waals surface area contributed by atoms with Gasteiger partial charge in [0.05, 0.1) is 17.7 Å². The van der Waals surface area contributed by atoms with Crippen LogP contribution in [0.3, 0.4) is 0 Å². The number of nitrogens with zero attached hydrogens (tertiary/aromatic N) is 1. The summed E-state index contributed by atoms with van der Waals surface area (Å²) >= 11 is 0. The van der Waals surface area contributed by atoms with Crippen molar-refractivity contribution >= 4 is 12.4 Å². The molecule has 1 atom stereocenters. The minimum Gasteiger partial charge on any atom is -0.504 e. The Labute approximate surface area is 139 Å². The Morgan fingerprint density at radius 3 is 2.70 bits per heavy atom. The van der Waals surface area contributed by atoms with Crippen LogP contribution in [0.5, 0.6) is 11.5 Å². The Balaban J connectivity index is 0.00000156. The van der Waals surface area contributed by atoms with Crippen molar-refractivity contribution < 1.29 is 20.4 Å². The highest BCUT2D eigenvalue weighted by Crippen LogP contribution is 2.42. The molecule has 120 valence electrons. The van der Waals surface area contributed by atoms with E-state index in [1.807, 2.05) is 6.07 Å². The molecule has 0 saturated carbocycles. The summed E-state index contributed by atoms with van der Waals surface area (Å²) in [4.78, 5) is 2.21. The second-order valence-electron chi connectivity index (χ2n) is 5.95.